The molecule has 1 amide bonds. The first-order valence-corrected chi connectivity index (χ1v) is 9.10. The number of nitrogens with zero attached hydrogens (tertiary/aromatic N) is 2. The summed E-state index contributed by atoms with van der Waals surface area (Å²) in [5.74, 6) is 1.64. The number of halogens is 1. The average Bonchev–Trinajstić information content (AvgIpc) is 3.18. The SMILES string of the molecule is Cc1cc(OCn2ccc(C(=O)Nc3ccc4c(c3)OCCO4)n2)ccc1Cl. The molecule has 3 aromatic rings. The van der Waals surface area contributed by atoms with Crippen molar-refractivity contribution in [2.75, 3.05) is 18.5 Å². The molecule has 0 unspecified atom stereocenters. The lowest BCUT2D eigenvalue weighted by Gasteiger charge is -2.18. The van der Waals surface area contributed by atoms with Crippen molar-refractivity contribution in [3.8, 4) is 17.2 Å². The van der Waals surface area contributed by atoms with Crippen LogP contribution in [0, 0.1) is 6.92 Å². The van der Waals surface area contributed by atoms with E-state index < -0.39 is 0 Å². The Kier molecular flexibility index (Phi) is 5.08. The zero-order valence-corrected chi connectivity index (χ0v) is 15.9. The third-order valence-corrected chi connectivity index (χ3v) is 4.59. The van der Waals surface area contributed by atoms with Gasteiger partial charge in [0.05, 0.1) is 0 Å². The summed E-state index contributed by atoms with van der Waals surface area (Å²) in [6.07, 6.45) is 1.68. The molecule has 0 saturated carbocycles. The van der Waals surface area contributed by atoms with Gasteiger partial charge in [0.2, 0.25) is 0 Å². The number of aryl methyl sites for hydroxylation is 1. The zero-order valence-electron chi connectivity index (χ0n) is 15.1. The van der Waals surface area contributed by atoms with Crippen LogP contribution in [-0.2, 0) is 6.73 Å². The summed E-state index contributed by atoms with van der Waals surface area (Å²) in [6, 6.07) is 12.3. The van der Waals surface area contributed by atoms with E-state index in [1.807, 2.05) is 13.0 Å². The third-order valence-electron chi connectivity index (χ3n) is 4.17. The van der Waals surface area contributed by atoms with Crippen LogP contribution in [0.25, 0.3) is 0 Å². The second kappa shape index (κ2) is 7.82. The van der Waals surface area contributed by atoms with Crippen molar-refractivity contribution in [2.45, 2.75) is 13.7 Å². The molecule has 1 N–H and O–H groups in total. The first-order valence-electron chi connectivity index (χ1n) is 8.72. The number of hydrogen-bond donors (Lipinski definition) is 1. The summed E-state index contributed by atoms with van der Waals surface area (Å²) in [5.41, 5.74) is 1.82. The Hall–Kier alpha value is -3.19. The van der Waals surface area contributed by atoms with Gasteiger partial charge in [-0.3, -0.25) is 4.79 Å². The highest BCUT2D eigenvalue weighted by atomic mass is 35.5. The number of nitrogens with one attached hydrogen (secondary N) is 1. The van der Waals surface area contributed by atoms with Crippen molar-refractivity contribution < 1.29 is 19.0 Å². The molecule has 1 aliphatic heterocycles. The molecular weight excluding hydrogens is 382 g/mol. The molecule has 1 aliphatic rings. The highest BCUT2D eigenvalue weighted by Crippen LogP contribution is 2.32. The lowest BCUT2D eigenvalue weighted by Crippen LogP contribution is -2.17. The molecule has 2 aromatic carbocycles. The maximum atomic E-state index is 12.4. The Bertz CT molecular complexity index is 1020. The number of rotatable bonds is 5. The molecule has 144 valence electrons. The highest BCUT2D eigenvalue weighted by Gasteiger charge is 2.15. The van der Waals surface area contributed by atoms with Gasteiger partial charge < -0.3 is 19.5 Å². The van der Waals surface area contributed by atoms with Gasteiger partial charge in [0.1, 0.15) is 19.0 Å². The molecule has 0 saturated heterocycles. The zero-order chi connectivity index (χ0) is 19.5. The Morgan fingerprint density at radius 3 is 2.82 bits per heavy atom. The molecule has 28 heavy (non-hydrogen) atoms. The van der Waals surface area contributed by atoms with Gasteiger partial charge >= 0.3 is 0 Å². The number of benzene rings is 2. The van der Waals surface area contributed by atoms with Gasteiger partial charge in [-0.25, -0.2) is 4.68 Å². The van der Waals surface area contributed by atoms with Gasteiger partial charge in [-0.2, -0.15) is 5.10 Å². The number of carbonyl (C=O) groups is 1. The lowest BCUT2D eigenvalue weighted by molar-refractivity contribution is 0.102. The van der Waals surface area contributed by atoms with E-state index in [0.29, 0.717) is 41.2 Å². The van der Waals surface area contributed by atoms with Gasteiger partial charge in [0.25, 0.3) is 5.91 Å². The summed E-state index contributed by atoms with van der Waals surface area (Å²) in [4.78, 5) is 12.4. The molecule has 0 aliphatic carbocycles. The minimum atomic E-state index is -0.322. The molecule has 8 heteroatoms. The molecular formula is C20H18ClN3O4. The normalized spacial score (nSPS) is 12.5. The molecule has 7 nitrogen and oxygen atoms in total. The van der Waals surface area contributed by atoms with E-state index in [0.717, 1.165) is 5.56 Å². The van der Waals surface area contributed by atoms with Crippen LogP contribution in [0.4, 0.5) is 5.69 Å². The first-order chi connectivity index (χ1) is 13.6. The van der Waals surface area contributed by atoms with Crippen LogP contribution >= 0.6 is 11.6 Å². The summed E-state index contributed by atoms with van der Waals surface area (Å²) in [7, 11) is 0. The molecule has 0 spiro atoms. The fourth-order valence-electron chi connectivity index (χ4n) is 2.72. The van der Waals surface area contributed by atoms with E-state index in [2.05, 4.69) is 10.4 Å². The smallest absolute Gasteiger partial charge is 0.276 e. The van der Waals surface area contributed by atoms with Gasteiger partial charge in [0.15, 0.2) is 23.9 Å². The van der Waals surface area contributed by atoms with Gasteiger partial charge in [0, 0.05) is 23.0 Å². The Balaban J connectivity index is 1.38. The molecule has 1 aromatic heterocycles. The van der Waals surface area contributed by atoms with Crippen molar-refractivity contribution in [3.05, 3.63) is 64.9 Å². The summed E-state index contributed by atoms with van der Waals surface area (Å²) in [5, 5.41) is 7.73. The number of carbonyl (C=O) groups excluding carboxylic acids is 1. The maximum absolute atomic E-state index is 12.4. The second-order valence-corrected chi connectivity index (χ2v) is 6.64. The van der Waals surface area contributed by atoms with Gasteiger partial charge in [-0.1, -0.05) is 11.6 Å². The van der Waals surface area contributed by atoms with E-state index in [9.17, 15) is 4.79 Å². The molecule has 0 bridgehead atoms. The number of ether oxygens (including phenoxy) is 3. The highest BCUT2D eigenvalue weighted by molar-refractivity contribution is 6.31. The standard InChI is InChI=1S/C20H18ClN3O4/c1-13-10-15(3-4-16(13)21)28-12-24-7-6-17(23-24)20(25)22-14-2-5-18-19(11-14)27-9-8-26-18/h2-7,10-11H,8-9,12H2,1H3,(H,22,25). The molecule has 4 rings (SSSR count). The van der Waals surface area contributed by atoms with Crippen LogP contribution in [0.2, 0.25) is 5.02 Å². The molecule has 0 fully saturated rings. The van der Waals surface area contributed by atoms with Crippen molar-refractivity contribution in [1.29, 1.82) is 0 Å². The number of amides is 1. The summed E-state index contributed by atoms with van der Waals surface area (Å²) < 4.78 is 18.2. The lowest BCUT2D eigenvalue weighted by atomic mass is 10.2. The number of aromatic nitrogens is 2. The van der Waals surface area contributed by atoms with E-state index >= 15 is 0 Å². The van der Waals surface area contributed by atoms with Crippen LogP contribution in [-0.4, -0.2) is 28.9 Å². The molecule has 0 radical (unpaired) electrons. The third kappa shape index (κ3) is 4.04. The van der Waals surface area contributed by atoms with Crippen molar-refractivity contribution in [2.24, 2.45) is 0 Å². The van der Waals surface area contributed by atoms with E-state index in [4.69, 9.17) is 25.8 Å². The Labute approximate surface area is 166 Å². The topological polar surface area (TPSA) is 74.6 Å². The minimum absolute atomic E-state index is 0.179. The van der Waals surface area contributed by atoms with Crippen LogP contribution in [0.15, 0.2) is 48.7 Å². The minimum Gasteiger partial charge on any atom is -0.486 e. The van der Waals surface area contributed by atoms with E-state index in [-0.39, 0.29) is 18.3 Å². The fourth-order valence-corrected chi connectivity index (χ4v) is 2.84. The molecule has 0 atom stereocenters. The van der Waals surface area contributed by atoms with E-state index in [1.165, 1.54) is 0 Å². The first kappa shape index (κ1) is 18.2. The average molecular weight is 400 g/mol. The Morgan fingerprint density at radius 1 is 1.18 bits per heavy atom. The molecule has 2 heterocycles. The van der Waals surface area contributed by atoms with Crippen molar-refractivity contribution >= 4 is 23.2 Å². The summed E-state index contributed by atoms with van der Waals surface area (Å²) >= 11 is 6.01. The number of fused-ring (bicyclic) bond motifs is 1. The quantitative estimate of drug-likeness (QED) is 0.704. The van der Waals surface area contributed by atoms with Crippen molar-refractivity contribution in [1.82, 2.24) is 9.78 Å². The number of anilines is 1. The van der Waals surface area contributed by atoms with Crippen LogP contribution in [0.1, 0.15) is 16.1 Å². The maximum Gasteiger partial charge on any atom is 0.276 e. The monoisotopic (exact) mass is 399 g/mol. The number of hydrogen-bond acceptors (Lipinski definition) is 5. The van der Waals surface area contributed by atoms with Gasteiger partial charge in [-0.05, 0) is 48.9 Å². The Morgan fingerprint density at radius 2 is 2.00 bits per heavy atom. The largest absolute Gasteiger partial charge is 0.486 e. The van der Waals surface area contributed by atoms with Crippen LogP contribution in [0.5, 0.6) is 17.2 Å². The summed E-state index contributed by atoms with van der Waals surface area (Å²) in [6.45, 7) is 3.09. The van der Waals surface area contributed by atoms with Crippen LogP contribution < -0.4 is 19.5 Å². The van der Waals surface area contributed by atoms with Crippen molar-refractivity contribution in [3.63, 3.8) is 0 Å². The van der Waals surface area contributed by atoms with Gasteiger partial charge in [-0.15, -0.1) is 0 Å². The second-order valence-electron chi connectivity index (χ2n) is 6.24. The van der Waals surface area contributed by atoms with Crippen LogP contribution in [0.3, 0.4) is 0 Å². The predicted octanol–water partition coefficient (Wildman–Crippen LogP) is 3.90. The predicted molar refractivity (Wildman–Crippen MR) is 104 cm³/mol. The van der Waals surface area contributed by atoms with E-state index in [1.54, 1.807) is 47.3 Å². The fraction of sp³-hybridized carbons (Fsp3) is 0.200.